The molecule has 0 aromatic heterocycles. The van der Waals surface area contributed by atoms with Crippen molar-refractivity contribution in [1.29, 1.82) is 0 Å². The van der Waals surface area contributed by atoms with Gasteiger partial charge in [-0.25, -0.2) is 4.79 Å². The summed E-state index contributed by atoms with van der Waals surface area (Å²) < 4.78 is 5.63. The summed E-state index contributed by atoms with van der Waals surface area (Å²) in [5.41, 5.74) is 3.14. The summed E-state index contributed by atoms with van der Waals surface area (Å²) in [6.45, 7) is 0.315. The Hall–Kier alpha value is -3.59. The molecule has 29 heavy (non-hydrogen) atoms. The van der Waals surface area contributed by atoms with Crippen molar-refractivity contribution >= 4 is 22.6 Å². The Balaban J connectivity index is 1.46. The molecule has 0 heterocycles. The van der Waals surface area contributed by atoms with Crippen molar-refractivity contribution in [1.82, 2.24) is 0 Å². The highest BCUT2D eigenvalue weighted by atomic mass is 16.5. The fourth-order valence-corrected chi connectivity index (χ4v) is 3.55. The Morgan fingerprint density at radius 3 is 2.21 bits per heavy atom. The van der Waals surface area contributed by atoms with E-state index < -0.39 is 6.09 Å². The van der Waals surface area contributed by atoms with Gasteiger partial charge in [0.25, 0.3) is 0 Å². The Bertz CT molecular complexity index is 1070. The van der Waals surface area contributed by atoms with Crippen molar-refractivity contribution in [3.63, 3.8) is 0 Å². The Morgan fingerprint density at radius 2 is 1.41 bits per heavy atom. The predicted molar refractivity (Wildman–Crippen MR) is 118 cm³/mol. The van der Waals surface area contributed by atoms with Gasteiger partial charge in [-0.3, -0.25) is 5.32 Å². The van der Waals surface area contributed by atoms with E-state index >= 15 is 0 Å². The second kappa shape index (κ2) is 9.07. The number of carbonyl (C=O) groups is 1. The molecule has 0 saturated heterocycles. The minimum atomic E-state index is -0.435. The number of amides is 1. The highest BCUT2D eigenvalue weighted by Gasteiger charge is 2.16. The fourth-order valence-electron chi connectivity index (χ4n) is 3.55. The summed E-state index contributed by atoms with van der Waals surface area (Å²) >= 11 is 0. The van der Waals surface area contributed by atoms with Crippen LogP contribution in [0.25, 0.3) is 10.8 Å². The summed E-state index contributed by atoms with van der Waals surface area (Å²) in [5, 5.41) is 4.97. The minimum absolute atomic E-state index is 0.0943. The number of fused-ring (bicyclic) bond motifs is 1. The van der Waals surface area contributed by atoms with Gasteiger partial charge in [-0.2, -0.15) is 0 Å². The zero-order valence-corrected chi connectivity index (χ0v) is 16.1. The van der Waals surface area contributed by atoms with E-state index in [0.717, 1.165) is 28.4 Å². The van der Waals surface area contributed by atoms with E-state index in [2.05, 4.69) is 29.6 Å². The molecule has 0 radical (unpaired) electrons. The standard InChI is InChI=1S/C26H23NO2/c28-26(27-25-17-9-15-22-14-7-8-16-24(22)25)29-19-23(21-12-5-2-6-13-21)18-20-10-3-1-4-11-20/h1-17,23H,18-19H2,(H,27,28)/t23-/m1/s1. The first-order valence-electron chi connectivity index (χ1n) is 9.80. The average molecular weight is 381 g/mol. The predicted octanol–water partition coefficient (Wildman–Crippen LogP) is 6.41. The molecule has 0 saturated carbocycles. The van der Waals surface area contributed by atoms with E-state index in [4.69, 9.17) is 4.74 Å². The molecule has 0 bridgehead atoms. The molecule has 1 N–H and O–H groups in total. The van der Waals surface area contributed by atoms with Gasteiger partial charge >= 0.3 is 6.09 Å². The van der Waals surface area contributed by atoms with Gasteiger partial charge in [0, 0.05) is 11.3 Å². The summed E-state index contributed by atoms with van der Waals surface area (Å²) in [7, 11) is 0. The summed E-state index contributed by atoms with van der Waals surface area (Å²) in [6, 6.07) is 34.3. The summed E-state index contributed by atoms with van der Waals surface area (Å²) in [6.07, 6.45) is 0.377. The Labute approximate surface area is 171 Å². The average Bonchev–Trinajstić information content (AvgIpc) is 2.78. The van der Waals surface area contributed by atoms with Crippen molar-refractivity contribution < 1.29 is 9.53 Å². The van der Waals surface area contributed by atoms with Gasteiger partial charge in [-0.1, -0.05) is 97.1 Å². The normalized spacial score (nSPS) is 11.7. The van der Waals surface area contributed by atoms with Gasteiger partial charge in [0.05, 0.1) is 5.69 Å². The molecule has 3 nitrogen and oxygen atoms in total. The molecule has 0 spiro atoms. The van der Waals surface area contributed by atoms with Crippen LogP contribution in [0.15, 0.2) is 103 Å². The summed E-state index contributed by atoms with van der Waals surface area (Å²) in [5.74, 6) is 0.0943. The van der Waals surface area contributed by atoms with Crippen LogP contribution in [-0.2, 0) is 11.2 Å². The third kappa shape index (κ3) is 4.82. The third-order valence-corrected chi connectivity index (χ3v) is 5.04. The number of rotatable bonds is 6. The number of benzene rings is 4. The van der Waals surface area contributed by atoms with Gasteiger partial charge in [0.1, 0.15) is 6.61 Å². The highest BCUT2D eigenvalue weighted by Crippen LogP contribution is 2.24. The van der Waals surface area contributed by atoms with Crippen molar-refractivity contribution in [3.05, 3.63) is 114 Å². The zero-order chi connectivity index (χ0) is 19.9. The molecule has 1 atom stereocenters. The van der Waals surface area contributed by atoms with E-state index in [-0.39, 0.29) is 5.92 Å². The maximum absolute atomic E-state index is 12.5. The number of hydrogen-bond donors (Lipinski definition) is 1. The first-order valence-corrected chi connectivity index (χ1v) is 9.80. The number of anilines is 1. The van der Waals surface area contributed by atoms with Crippen molar-refractivity contribution in [2.45, 2.75) is 12.3 Å². The number of ether oxygens (including phenoxy) is 1. The van der Waals surface area contributed by atoms with E-state index in [1.54, 1.807) is 0 Å². The van der Waals surface area contributed by atoms with Crippen molar-refractivity contribution in [3.8, 4) is 0 Å². The van der Waals surface area contributed by atoms with E-state index in [0.29, 0.717) is 6.61 Å². The molecule has 3 heteroatoms. The van der Waals surface area contributed by atoms with Gasteiger partial charge in [0.2, 0.25) is 0 Å². The molecule has 4 aromatic rings. The van der Waals surface area contributed by atoms with Gasteiger partial charge in [-0.05, 0) is 29.0 Å². The monoisotopic (exact) mass is 381 g/mol. The lowest BCUT2D eigenvalue weighted by atomic mass is 9.93. The van der Waals surface area contributed by atoms with Crippen LogP contribution in [0.1, 0.15) is 17.0 Å². The Kier molecular flexibility index (Phi) is 5.87. The first-order chi connectivity index (χ1) is 14.3. The van der Waals surface area contributed by atoms with Crippen LogP contribution >= 0.6 is 0 Å². The quantitative estimate of drug-likeness (QED) is 0.419. The van der Waals surface area contributed by atoms with Crippen LogP contribution < -0.4 is 5.32 Å². The van der Waals surface area contributed by atoms with Crippen LogP contribution in [-0.4, -0.2) is 12.7 Å². The third-order valence-electron chi connectivity index (χ3n) is 5.04. The molecule has 0 unspecified atom stereocenters. The lowest BCUT2D eigenvalue weighted by molar-refractivity contribution is 0.153. The van der Waals surface area contributed by atoms with E-state index in [1.165, 1.54) is 5.56 Å². The number of nitrogens with one attached hydrogen (secondary N) is 1. The lowest BCUT2D eigenvalue weighted by Crippen LogP contribution is -2.19. The fraction of sp³-hybridized carbons (Fsp3) is 0.115. The molecule has 4 aromatic carbocycles. The van der Waals surface area contributed by atoms with Crippen molar-refractivity contribution in [2.24, 2.45) is 0 Å². The van der Waals surface area contributed by atoms with Crippen LogP contribution in [0.4, 0.5) is 10.5 Å². The largest absolute Gasteiger partial charge is 0.449 e. The van der Waals surface area contributed by atoms with Crippen LogP contribution in [0.2, 0.25) is 0 Å². The summed E-state index contributed by atoms with van der Waals surface area (Å²) in [4.78, 5) is 12.5. The molecule has 4 rings (SSSR count). The second-order valence-electron chi connectivity index (χ2n) is 7.05. The molecule has 0 aliphatic carbocycles. The topological polar surface area (TPSA) is 38.3 Å². The maximum atomic E-state index is 12.5. The molecular formula is C26H23NO2. The molecule has 0 aliphatic rings. The SMILES string of the molecule is O=C(Nc1cccc2ccccc12)OC[C@@H](Cc1ccccc1)c1ccccc1. The minimum Gasteiger partial charge on any atom is -0.449 e. The second-order valence-corrected chi connectivity index (χ2v) is 7.05. The van der Waals surface area contributed by atoms with Crippen LogP contribution in [0.3, 0.4) is 0 Å². The van der Waals surface area contributed by atoms with Crippen molar-refractivity contribution in [2.75, 3.05) is 11.9 Å². The molecular weight excluding hydrogens is 358 g/mol. The molecule has 0 fully saturated rings. The number of hydrogen-bond acceptors (Lipinski definition) is 2. The van der Waals surface area contributed by atoms with Gasteiger partial charge in [0.15, 0.2) is 0 Å². The molecule has 144 valence electrons. The highest BCUT2D eigenvalue weighted by molar-refractivity contribution is 6.00. The van der Waals surface area contributed by atoms with Crippen LogP contribution in [0, 0.1) is 0 Å². The van der Waals surface area contributed by atoms with Gasteiger partial charge in [-0.15, -0.1) is 0 Å². The zero-order valence-electron chi connectivity index (χ0n) is 16.1. The smallest absolute Gasteiger partial charge is 0.411 e. The number of carbonyl (C=O) groups excluding carboxylic acids is 1. The molecule has 1 amide bonds. The molecule has 0 aliphatic heterocycles. The maximum Gasteiger partial charge on any atom is 0.411 e. The van der Waals surface area contributed by atoms with Crippen LogP contribution in [0.5, 0.6) is 0 Å². The van der Waals surface area contributed by atoms with Gasteiger partial charge < -0.3 is 4.74 Å². The first kappa shape index (κ1) is 18.8. The van der Waals surface area contributed by atoms with E-state index in [9.17, 15) is 4.79 Å². The lowest BCUT2D eigenvalue weighted by Gasteiger charge is -2.18. The Morgan fingerprint density at radius 1 is 0.759 bits per heavy atom. The van der Waals surface area contributed by atoms with E-state index in [1.807, 2.05) is 78.9 Å².